The van der Waals surface area contributed by atoms with E-state index in [2.05, 4.69) is 11.7 Å². The fraction of sp³-hybridized carbons (Fsp3) is 0.810. The van der Waals surface area contributed by atoms with E-state index in [1.165, 1.54) is 90.2 Å². The molecule has 140 valence electrons. The van der Waals surface area contributed by atoms with E-state index in [1.807, 2.05) is 6.08 Å². The van der Waals surface area contributed by atoms with Crippen LogP contribution in [0, 0.1) is 0 Å². The fourth-order valence-electron chi connectivity index (χ4n) is 2.77. The van der Waals surface area contributed by atoms with Crippen molar-refractivity contribution in [1.29, 1.82) is 0 Å². The Kier molecular flexibility index (Phi) is 17.4. The van der Waals surface area contributed by atoms with Gasteiger partial charge < -0.3 is 4.74 Å². The molecule has 0 bridgehead atoms. The SMILES string of the molecule is CCCCCCCCCCCCCCCC=CC(=O)CC(=O)OC. The standard InChI is InChI=1S/C21H38O3/c1-3-4-5-6-7-8-9-10-11-12-13-14-15-16-17-18-20(22)19-21(23)24-2/h17-18H,3-16,19H2,1-2H3. The summed E-state index contributed by atoms with van der Waals surface area (Å²) >= 11 is 0. The average Bonchev–Trinajstić information content (AvgIpc) is 2.58. The molecule has 0 unspecified atom stereocenters. The molecule has 0 aliphatic rings. The Morgan fingerprint density at radius 3 is 1.67 bits per heavy atom. The van der Waals surface area contributed by atoms with Crippen molar-refractivity contribution in [1.82, 2.24) is 0 Å². The van der Waals surface area contributed by atoms with Crippen molar-refractivity contribution < 1.29 is 14.3 Å². The number of methoxy groups -OCH3 is 1. The van der Waals surface area contributed by atoms with Crippen LogP contribution in [0.5, 0.6) is 0 Å². The minimum absolute atomic E-state index is 0.147. The van der Waals surface area contributed by atoms with Crippen LogP contribution in [0.2, 0.25) is 0 Å². The first-order valence-electron chi connectivity index (χ1n) is 9.97. The molecule has 0 saturated carbocycles. The van der Waals surface area contributed by atoms with Gasteiger partial charge in [-0.05, 0) is 18.9 Å². The van der Waals surface area contributed by atoms with Gasteiger partial charge in [-0.2, -0.15) is 0 Å². The number of rotatable bonds is 17. The Labute approximate surface area is 149 Å². The summed E-state index contributed by atoms with van der Waals surface area (Å²) in [5, 5.41) is 0. The van der Waals surface area contributed by atoms with E-state index in [0.29, 0.717) is 0 Å². The molecule has 3 heteroatoms. The predicted octanol–water partition coefficient (Wildman–Crippen LogP) is 6.16. The largest absolute Gasteiger partial charge is 0.469 e. The quantitative estimate of drug-likeness (QED) is 0.138. The van der Waals surface area contributed by atoms with Crippen LogP contribution in [0.3, 0.4) is 0 Å². The first kappa shape index (κ1) is 22.9. The van der Waals surface area contributed by atoms with Crippen LogP contribution in [0.15, 0.2) is 12.2 Å². The smallest absolute Gasteiger partial charge is 0.313 e. The third kappa shape index (κ3) is 17.2. The second-order valence-electron chi connectivity index (χ2n) is 6.65. The van der Waals surface area contributed by atoms with E-state index < -0.39 is 5.97 Å². The molecule has 0 aliphatic heterocycles. The molecule has 0 aromatic rings. The van der Waals surface area contributed by atoms with Gasteiger partial charge in [0.2, 0.25) is 0 Å². The second-order valence-corrected chi connectivity index (χ2v) is 6.65. The number of carbonyl (C=O) groups is 2. The van der Waals surface area contributed by atoms with Crippen molar-refractivity contribution in [2.75, 3.05) is 7.11 Å². The maximum atomic E-state index is 11.4. The lowest BCUT2D eigenvalue weighted by molar-refractivity contribution is -0.142. The minimum Gasteiger partial charge on any atom is -0.469 e. The summed E-state index contributed by atoms with van der Waals surface area (Å²) in [5.41, 5.74) is 0. The monoisotopic (exact) mass is 338 g/mol. The molecule has 3 nitrogen and oxygen atoms in total. The Morgan fingerprint density at radius 2 is 1.21 bits per heavy atom. The molecule has 0 aromatic carbocycles. The van der Waals surface area contributed by atoms with E-state index >= 15 is 0 Å². The van der Waals surface area contributed by atoms with Gasteiger partial charge in [0.05, 0.1) is 7.11 Å². The van der Waals surface area contributed by atoms with Gasteiger partial charge in [-0.3, -0.25) is 9.59 Å². The zero-order valence-corrected chi connectivity index (χ0v) is 16.0. The zero-order chi connectivity index (χ0) is 17.9. The van der Waals surface area contributed by atoms with E-state index in [0.717, 1.165) is 12.8 Å². The molecule has 0 aliphatic carbocycles. The normalized spacial score (nSPS) is 11.1. The molecular formula is C21H38O3. The average molecular weight is 339 g/mol. The van der Waals surface area contributed by atoms with E-state index in [4.69, 9.17) is 0 Å². The molecule has 0 radical (unpaired) electrons. The Balaban J connectivity index is 3.22. The van der Waals surface area contributed by atoms with Gasteiger partial charge >= 0.3 is 5.97 Å². The van der Waals surface area contributed by atoms with Gasteiger partial charge in [-0.1, -0.05) is 90.0 Å². The number of hydrogen-bond donors (Lipinski definition) is 0. The summed E-state index contributed by atoms with van der Waals surface area (Å²) in [6, 6.07) is 0. The number of carbonyl (C=O) groups excluding carboxylic acids is 2. The highest BCUT2D eigenvalue weighted by Crippen LogP contribution is 2.13. The van der Waals surface area contributed by atoms with Crippen molar-refractivity contribution in [2.24, 2.45) is 0 Å². The Hall–Kier alpha value is -1.12. The summed E-state index contributed by atoms with van der Waals surface area (Å²) in [5.74, 6) is -0.637. The van der Waals surface area contributed by atoms with Crippen molar-refractivity contribution >= 4 is 11.8 Å². The fourth-order valence-corrected chi connectivity index (χ4v) is 2.77. The number of ketones is 1. The maximum absolute atomic E-state index is 11.4. The number of ether oxygens (including phenoxy) is 1. The summed E-state index contributed by atoms with van der Waals surface area (Å²) in [6.45, 7) is 2.26. The van der Waals surface area contributed by atoms with Gasteiger partial charge in [0, 0.05) is 0 Å². The van der Waals surface area contributed by atoms with Gasteiger partial charge in [0.15, 0.2) is 5.78 Å². The maximum Gasteiger partial charge on any atom is 0.313 e. The molecule has 0 rings (SSSR count). The van der Waals surface area contributed by atoms with Crippen molar-refractivity contribution in [3.05, 3.63) is 12.2 Å². The lowest BCUT2D eigenvalue weighted by Crippen LogP contribution is -2.06. The third-order valence-electron chi connectivity index (χ3n) is 4.32. The first-order valence-corrected chi connectivity index (χ1v) is 9.97. The number of hydrogen-bond acceptors (Lipinski definition) is 3. The van der Waals surface area contributed by atoms with Crippen LogP contribution in [0.25, 0.3) is 0 Å². The topological polar surface area (TPSA) is 43.4 Å². The van der Waals surface area contributed by atoms with Crippen molar-refractivity contribution in [2.45, 2.75) is 103 Å². The van der Waals surface area contributed by atoms with Crippen LogP contribution >= 0.6 is 0 Å². The molecule has 0 heterocycles. The summed E-state index contributed by atoms with van der Waals surface area (Å²) in [7, 11) is 1.30. The van der Waals surface area contributed by atoms with Crippen LogP contribution in [-0.4, -0.2) is 18.9 Å². The Morgan fingerprint density at radius 1 is 0.750 bits per heavy atom. The van der Waals surface area contributed by atoms with Crippen molar-refractivity contribution in [3.63, 3.8) is 0 Å². The van der Waals surface area contributed by atoms with Gasteiger partial charge in [-0.25, -0.2) is 0 Å². The van der Waals surface area contributed by atoms with Crippen LogP contribution in [-0.2, 0) is 14.3 Å². The molecule has 0 atom stereocenters. The highest BCUT2D eigenvalue weighted by Gasteiger charge is 2.05. The minimum atomic E-state index is -0.467. The second kappa shape index (κ2) is 18.2. The molecule has 0 aromatic heterocycles. The third-order valence-corrected chi connectivity index (χ3v) is 4.32. The zero-order valence-electron chi connectivity index (χ0n) is 16.0. The summed E-state index contributed by atoms with van der Waals surface area (Å²) in [4.78, 5) is 22.3. The lowest BCUT2D eigenvalue weighted by atomic mass is 10.0. The highest BCUT2D eigenvalue weighted by molar-refractivity contribution is 6.01. The highest BCUT2D eigenvalue weighted by atomic mass is 16.5. The van der Waals surface area contributed by atoms with Crippen LogP contribution in [0.4, 0.5) is 0 Å². The molecule has 0 N–H and O–H groups in total. The molecule has 0 amide bonds. The molecule has 0 saturated heterocycles. The van der Waals surface area contributed by atoms with Gasteiger partial charge in [-0.15, -0.1) is 0 Å². The molecular weight excluding hydrogens is 300 g/mol. The van der Waals surface area contributed by atoms with E-state index in [-0.39, 0.29) is 12.2 Å². The number of unbranched alkanes of at least 4 members (excludes halogenated alkanes) is 13. The lowest BCUT2D eigenvalue weighted by Gasteiger charge is -2.02. The van der Waals surface area contributed by atoms with Crippen molar-refractivity contribution in [3.8, 4) is 0 Å². The van der Waals surface area contributed by atoms with E-state index in [1.54, 1.807) is 0 Å². The van der Waals surface area contributed by atoms with E-state index in [9.17, 15) is 9.59 Å². The predicted molar refractivity (Wildman–Crippen MR) is 101 cm³/mol. The Bertz CT molecular complexity index is 334. The van der Waals surface area contributed by atoms with Gasteiger partial charge in [0.1, 0.15) is 6.42 Å². The summed E-state index contributed by atoms with van der Waals surface area (Å²) in [6.07, 6.45) is 21.7. The number of allylic oxidation sites excluding steroid dienone is 2. The van der Waals surface area contributed by atoms with Gasteiger partial charge in [0.25, 0.3) is 0 Å². The molecule has 0 spiro atoms. The van der Waals surface area contributed by atoms with Crippen LogP contribution < -0.4 is 0 Å². The van der Waals surface area contributed by atoms with Crippen LogP contribution in [0.1, 0.15) is 103 Å². The summed E-state index contributed by atoms with van der Waals surface area (Å²) < 4.78 is 4.46. The number of esters is 1. The molecule has 0 fully saturated rings. The first-order chi connectivity index (χ1) is 11.7. The molecule has 24 heavy (non-hydrogen) atoms.